The standard InChI is InChI=1S/C7H17N3/c1-4-7(6(2)3)10-9-5-8/h5-7,10H,4H2,1-3H3,(H2,8,9). The Morgan fingerprint density at radius 3 is 2.50 bits per heavy atom. The number of rotatable bonds is 4. The first-order valence-electron chi connectivity index (χ1n) is 3.71. The highest BCUT2D eigenvalue weighted by Gasteiger charge is 2.07. The summed E-state index contributed by atoms with van der Waals surface area (Å²) >= 11 is 0. The molecule has 0 saturated carbocycles. The highest BCUT2D eigenvalue weighted by molar-refractivity contribution is 5.50. The van der Waals surface area contributed by atoms with Gasteiger partial charge in [-0.1, -0.05) is 20.8 Å². The Balaban J connectivity index is 3.60. The second kappa shape index (κ2) is 5.09. The van der Waals surface area contributed by atoms with E-state index in [1.54, 1.807) is 0 Å². The Kier molecular flexibility index (Phi) is 4.72. The lowest BCUT2D eigenvalue weighted by Crippen LogP contribution is -2.29. The number of nitrogens with zero attached hydrogens (tertiary/aromatic N) is 1. The van der Waals surface area contributed by atoms with Crippen LogP contribution < -0.4 is 11.2 Å². The van der Waals surface area contributed by atoms with Crippen LogP contribution in [0.1, 0.15) is 27.2 Å². The molecule has 0 radical (unpaired) electrons. The van der Waals surface area contributed by atoms with Crippen molar-refractivity contribution in [1.29, 1.82) is 0 Å². The summed E-state index contributed by atoms with van der Waals surface area (Å²) in [6.07, 6.45) is 2.36. The maximum Gasteiger partial charge on any atom is 0.106 e. The normalized spacial score (nSPS) is 14.4. The minimum atomic E-state index is 0.444. The molecule has 0 rings (SSSR count). The van der Waals surface area contributed by atoms with Gasteiger partial charge in [-0.25, -0.2) is 0 Å². The number of nitrogens with one attached hydrogen (secondary N) is 1. The number of hydrazone groups is 1. The molecule has 0 saturated heterocycles. The molecule has 0 spiro atoms. The first-order chi connectivity index (χ1) is 4.72. The van der Waals surface area contributed by atoms with E-state index in [-0.39, 0.29) is 0 Å². The molecule has 0 amide bonds. The lowest BCUT2D eigenvalue weighted by molar-refractivity contribution is 0.399. The zero-order chi connectivity index (χ0) is 7.98. The van der Waals surface area contributed by atoms with Crippen LogP contribution in [0.2, 0.25) is 0 Å². The molecule has 0 bridgehead atoms. The minimum Gasteiger partial charge on any atom is -0.388 e. The molecule has 0 fully saturated rings. The van der Waals surface area contributed by atoms with Crippen LogP contribution >= 0.6 is 0 Å². The molecule has 10 heavy (non-hydrogen) atoms. The smallest absolute Gasteiger partial charge is 0.106 e. The number of nitrogens with two attached hydrogens (primary N) is 1. The van der Waals surface area contributed by atoms with Gasteiger partial charge in [-0.2, -0.15) is 5.10 Å². The van der Waals surface area contributed by atoms with E-state index in [4.69, 9.17) is 5.73 Å². The van der Waals surface area contributed by atoms with Crippen molar-refractivity contribution in [3.8, 4) is 0 Å². The van der Waals surface area contributed by atoms with Crippen LogP contribution in [0.15, 0.2) is 5.10 Å². The van der Waals surface area contributed by atoms with Crippen LogP contribution in [0.4, 0.5) is 0 Å². The van der Waals surface area contributed by atoms with Crippen LogP contribution in [0.25, 0.3) is 0 Å². The average Bonchev–Trinajstić information content (AvgIpc) is 1.89. The molecule has 0 aromatic carbocycles. The van der Waals surface area contributed by atoms with Crippen LogP contribution in [-0.4, -0.2) is 12.4 Å². The molecule has 3 N–H and O–H groups in total. The van der Waals surface area contributed by atoms with Gasteiger partial charge in [0.15, 0.2) is 0 Å². The third-order valence-corrected chi connectivity index (χ3v) is 1.56. The minimum absolute atomic E-state index is 0.444. The SMILES string of the molecule is CCC(N/N=C\N)C(C)C. The maximum absolute atomic E-state index is 5.08. The Morgan fingerprint density at radius 2 is 2.20 bits per heavy atom. The molecule has 0 aliphatic carbocycles. The van der Waals surface area contributed by atoms with Crippen LogP contribution in [0.3, 0.4) is 0 Å². The van der Waals surface area contributed by atoms with Crippen LogP contribution in [0.5, 0.6) is 0 Å². The lowest BCUT2D eigenvalue weighted by Gasteiger charge is -2.17. The summed E-state index contributed by atoms with van der Waals surface area (Å²) in [4.78, 5) is 0. The predicted molar refractivity (Wildman–Crippen MR) is 44.7 cm³/mol. The van der Waals surface area contributed by atoms with Gasteiger partial charge in [-0.3, -0.25) is 0 Å². The molecular weight excluding hydrogens is 126 g/mol. The Bertz CT molecular complexity index is 99.0. The fourth-order valence-electron chi connectivity index (χ4n) is 0.851. The Labute approximate surface area is 62.7 Å². The first-order valence-corrected chi connectivity index (χ1v) is 3.71. The van der Waals surface area contributed by atoms with Crippen molar-refractivity contribution in [2.24, 2.45) is 16.8 Å². The van der Waals surface area contributed by atoms with Crippen LogP contribution in [-0.2, 0) is 0 Å². The molecule has 1 unspecified atom stereocenters. The summed E-state index contributed by atoms with van der Waals surface area (Å²) in [6, 6.07) is 0.444. The van der Waals surface area contributed by atoms with Gasteiger partial charge in [0, 0.05) is 6.04 Å². The zero-order valence-electron chi connectivity index (χ0n) is 6.96. The third kappa shape index (κ3) is 3.33. The van der Waals surface area contributed by atoms with Crippen molar-refractivity contribution in [2.75, 3.05) is 0 Å². The highest BCUT2D eigenvalue weighted by Crippen LogP contribution is 2.04. The van der Waals surface area contributed by atoms with E-state index in [1.165, 1.54) is 6.34 Å². The van der Waals surface area contributed by atoms with Gasteiger partial charge < -0.3 is 11.2 Å². The van der Waals surface area contributed by atoms with Gasteiger partial charge in [0.1, 0.15) is 6.34 Å². The topological polar surface area (TPSA) is 50.4 Å². The second-order valence-corrected chi connectivity index (χ2v) is 2.67. The van der Waals surface area contributed by atoms with Crippen molar-refractivity contribution in [3.05, 3.63) is 0 Å². The summed E-state index contributed by atoms with van der Waals surface area (Å²) in [6.45, 7) is 6.45. The van der Waals surface area contributed by atoms with Gasteiger partial charge in [0.05, 0.1) is 0 Å². The van der Waals surface area contributed by atoms with E-state index in [0.29, 0.717) is 12.0 Å². The van der Waals surface area contributed by atoms with E-state index < -0.39 is 0 Å². The van der Waals surface area contributed by atoms with Crippen molar-refractivity contribution >= 4 is 6.34 Å². The van der Waals surface area contributed by atoms with Crippen molar-refractivity contribution in [1.82, 2.24) is 5.43 Å². The van der Waals surface area contributed by atoms with Gasteiger partial charge in [0.25, 0.3) is 0 Å². The summed E-state index contributed by atoms with van der Waals surface area (Å²) < 4.78 is 0. The Morgan fingerprint density at radius 1 is 1.60 bits per heavy atom. The fourth-order valence-corrected chi connectivity index (χ4v) is 0.851. The van der Waals surface area contributed by atoms with Gasteiger partial charge in [0.2, 0.25) is 0 Å². The molecule has 0 heterocycles. The highest BCUT2D eigenvalue weighted by atomic mass is 15.3. The molecule has 3 nitrogen and oxygen atoms in total. The molecule has 0 aromatic rings. The summed E-state index contributed by atoms with van der Waals surface area (Å²) in [5.41, 5.74) is 8.04. The molecule has 1 atom stereocenters. The van der Waals surface area contributed by atoms with Crippen LogP contribution in [0, 0.1) is 5.92 Å². The molecular formula is C7H17N3. The van der Waals surface area contributed by atoms with Crippen molar-refractivity contribution in [3.63, 3.8) is 0 Å². The maximum atomic E-state index is 5.08. The second-order valence-electron chi connectivity index (χ2n) is 2.67. The van der Waals surface area contributed by atoms with Gasteiger partial charge in [-0.15, -0.1) is 0 Å². The zero-order valence-corrected chi connectivity index (χ0v) is 6.96. The lowest BCUT2D eigenvalue weighted by atomic mass is 10.0. The third-order valence-electron chi connectivity index (χ3n) is 1.56. The fraction of sp³-hybridized carbons (Fsp3) is 0.857. The van der Waals surface area contributed by atoms with E-state index in [1.807, 2.05) is 0 Å². The largest absolute Gasteiger partial charge is 0.388 e. The Hall–Kier alpha value is -0.730. The summed E-state index contributed by atoms with van der Waals surface area (Å²) in [5, 5.41) is 3.77. The summed E-state index contributed by atoms with van der Waals surface area (Å²) in [5.74, 6) is 0.605. The van der Waals surface area contributed by atoms with Gasteiger partial charge in [-0.05, 0) is 12.3 Å². The monoisotopic (exact) mass is 143 g/mol. The van der Waals surface area contributed by atoms with E-state index in [0.717, 1.165) is 6.42 Å². The molecule has 3 heteroatoms. The number of hydrogen-bond donors (Lipinski definition) is 2. The average molecular weight is 143 g/mol. The molecule has 0 aromatic heterocycles. The molecule has 60 valence electrons. The quantitative estimate of drug-likeness (QED) is 0.349. The van der Waals surface area contributed by atoms with Gasteiger partial charge >= 0.3 is 0 Å². The van der Waals surface area contributed by atoms with E-state index in [9.17, 15) is 0 Å². The van der Waals surface area contributed by atoms with Crippen molar-refractivity contribution < 1.29 is 0 Å². The molecule has 0 aliphatic heterocycles. The number of hydrogen-bond acceptors (Lipinski definition) is 2. The van der Waals surface area contributed by atoms with Crippen molar-refractivity contribution in [2.45, 2.75) is 33.2 Å². The van der Waals surface area contributed by atoms with E-state index >= 15 is 0 Å². The molecule has 0 aliphatic rings. The first kappa shape index (κ1) is 9.27. The predicted octanol–water partition coefficient (Wildman–Crippen LogP) is 0.913. The summed E-state index contributed by atoms with van der Waals surface area (Å²) in [7, 11) is 0. The van der Waals surface area contributed by atoms with E-state index in [2.05, 4.69) is 31.3 Å².